The highest BCUT2D eigenvalue weighted by Crippen LogP contribution is 2.29. The number of hydrogen-bond donors (Lipinski definition) is 4. The van der Waals surface area contributed by atoms with Crippen LogP contribution in [0.2, 0.25) is 0 Å². The van der Waals surface area contributed by atoms with E-state index in [9.17, 15) is 23.1 Å². The number of primary sulfonamides is 1. The second kappa shape index (κ2) is 13.5. The lowest BCUT2D eigenvalue weighted by Gasteiger charge is -2.22. The van der Waals surface area contributed by atoms with Gasteiger partial charge in [-0.25, -0.2) is 18.4 Å². The molecule has 0 aliphatic heterocycles. The van der Waals surface area contributed by atoms with Gasteiger partial charge in [0, 0.05) is 16.8 Å². The van der Waals surface area contributed by atoms with Gasteiger partial charge in [-0.2, -0.15) is 0 Å². The number of nitrogens with two attached hydrogens (primary N) is 1. The summed E-state index contributed by atoms with van der Waals surface area (Å²) in [6.45, 7) is 1.95. The Bertz CT molecular complexity index is 1720. The van der Waals surface area contributed by atoms with Gasteiger partial charge in [0.1, 0.15) is 5.84 Å². The van der Waals surface area contributed by atoms with Crippen molar-refractivity contribution in [2.45, 2.75) is 24.8 Å². The van der Waals surface area contributed by atoms with Crippen LogP contribution in [-0.2, 0) is 23.0 Å². The first-order chi connectivity index (χ1) is 20.1. The third kappa shape index (κ3) is 7.64. The summed E-state index contributed by atoms with van der Waals surface area (Å²) in [6.07, 6.45) is -0.648. The van der Waals surface area contributed by atoms with E-state index in [0.29, 0.717) is 34.6 Å². The summed E-state index contributed by atoms with van der Waals surface area (Å²) < 4.78 is 24.1. The van der Waals surface area contributed by atoms with E-state index in [-0.39, 0.29) is 22.5 Å². The number of benzene rings is 4. The number of hydrogen-bond acceptors (Lipinski definition) is 6. The molecule has 0 bridgehead atoms. The van der Waals surface area contributed by atoms with Gasteiger partial charge in [-0.05, 0) is 58.7 Å². The maximum absolute atomic E-state index is 12.3. The molecule has 0 heterocycles. The fraction of sp³-hybridized carbons (Fsp3) is 0.129. The molecule has 0 saturated carbocycles. The number of anilines is 1. The smallest absolute Gasteiger partial charge is 0.412 e. The standard InChI is InChI=1S/C31H30N4O5S2/c1-2-41-30(36)34-29(32)24-11-7-8-21(19-24)18-23-9-3-4-10-25(23)20-35(31(37)38)26-16-14-22(15-17-26)27-12-5-6-13-28(27)42(33,39)40/h3-17,19H,2,18,20H2,1H3,(H,37,38)(H2,32,34,36)(H2,33,39,40). The molecule has 4 aromatic carbocycles. The van der Waals surface area contributed by atoms with Crippen LogP contribution < -0.4 is 15.4 Å². The van der Waals surface area contributed by atoms with Crippen molar-refractivity contribution in [3.8, 4) is 11.1 Å². The number of amides is 2. The summed E-state index contributed by atoms with van der Waals surface area (Å²) in [5, 5.41) is 26.0. The molecular weight excluding hydrogens is 572 g/mol. The topological polar surface area (TPSA) is 154 Å². The predicted octanol–water partition coefficient (Wildman–Crippen LogP) is 6.06. The van der Waals surface area contributed by atoms with Crippen molar-refractivity contribution in [1.82, 2.24) is 5.32 Å². The molecule has 4 rings (SSSR count). The Kier molecular flexibility index (Phi) is 9.79. The fourth-order valence-electron chi connectivity index (χ4n) is 4.50. The Balaban J connectivity index is 1.56. The average molecular weight is 603 g/mol. The number of thioether (sulfide) groups is 1. The van der Waals surface area contributed by atoms with E-state index < -0.39 is 16.1 Å². The van der Waals surface area contributed by atoms with Gasteiger partial charge < -0.3 is 10.4 Å². The van der Waals surface area contributed by atoms with Gasteiger partial charge in [-0.15, -0.1) is 0 Å². The third-order valence-corrected chi connectivity index (χ3v) is 8.10. The average Bonchev–Trinajstić information content (AvgIpc) is 2.96. The van der Waals surface area contributed by atoms with Crippen LogP contribution in [0.15, 0.2) is 102 Å². The monoisotopic (exact) mass is 602 g/mol. The third-order valence-electron chi connectivity index (χ3n) is 6.47. The summed E-state index contributed by atoms with van der Waals surface area (Å²) in [4.78, 5) is 25.4. The molecule has 0 aliphatic carbocycles. The van der Waals surface area contributed by atoms with Crippen molar-refractivity contribution in [2.75, 3.05) is 10.7 Å². The quantitative estimate of drug-likeness (QED) is 0.135. The first-order valence-corrected chi connectivity index (χ1v) is 15.5. The molecule has 5 N–H and O–H groups in total. The Labute approximate surface area is 248 Å². The minimum atomic E-state index is -3.94. The van der Waals surface area contributed by atoms with Crippen molar-refractivity contribution >= 4 is 44.6 Å². The Morgan fingerprint density at radius 2 is 1.60 bits per heavy atom. The highest BCUT2D eigenvalue weighted by molar-refractivity contribution is 8.13. The van der Waals surface area contributed by atoms with Crippen molar-refractivity contribution in [2.24, 2.45) is 5.14 Å². The lowest BCUT2D eigenvalue weighted by atomic mass is 9.98. The largest absolute Gasteiger partial charge is 0.465 e. The van der Waals surface area contributed by atoms with Crippen LogP contribution in [0.3, 0.4) is 0 Å². The molecule has 0 atom stereocenters. The number of sulfonamides is 1. The van der Waals surface area contributed by atoms with Gasteiger partial charge >= 0.3 is 6.09 Å². The zero-order chi connectivity index (χ0) is 30.3. The number of carboxylic acid groups (broad SMARTS) is 1. The van der Waals surface area contributed by atoms with Crippen LogP contribution in [0.25, 0.3) is 11.1 Å². The molecule has 2 amide bonds. The summed E-state index contributed by atoms with van der Waals surface area (Å²) in [5.41, 5.74) is 4.63. The zero-order valence-electron chi connectivity index (χ0n) is 22.8. The summed E-state index contributed by atoms with van der Waals surface area (Å²) >= 11 is 1.10. The van der Waals surface area contributed by atoms with Crippen LogP contribution in [0.1, 0.15) is 29.2 Å². The van der Waals surface area contributed by atoms with Crippen LogP contribution in [-0.4, -0.2) is 36.4 Å². The number of nitrogens with one attached hydrogen (secondary N) is 2. The van der Waals surface area contributed by atoms with Gasteiger partial charge in [0.05, 0.1) is 11.4 Å². The molecule has 216 valence electrons. The second-order valence-corrected chi connectivity index (χ2v) is 12.1. The van der Waals surface area contributed by atoms with Gasteiger partial charge in [-0.1, -0.05) is 91.5 Å². The molecule has 0 aliphatic rings. The van der Waals surface area contributed by atoms with Gasteiger partial charge in [0.15, 0.2) is 0 Å². The highest BCUT2D eigenvalue weighted by Gasteiger charge is 2.19. The lowest BCUT2D eigenvalue weighted by molar-refractivity contribution is 0.201. The number of rotatable bonds is 9. The highest BCUT2D eigenvalue weighted by atomic mass is 32.2. The SMILES string of the molecule is CCSC(=O)NC(=N)c1cccc(Cc2ccccc2CN(C(=O)O)c2ccc(-c3ccccc3S(N)(=O)=O)cc2)c1. The summed E-state index contributed by atoms with van der Waals surface area (Å²) in [7, 11) is -3.94. The van der Waals surface area contributed by atoms with E-state index in [0.717, 1.165) is 28.5 Å². The lowest BCUT2D eigenvalue weighted by Crippen LogP contribution is -2.29. The molecule has 4 aromatic rings. The summed E-state index contributed by atoms with van der Waals surface area (Å²) in [5.74, 6) is 0.628. The molecule has 0 saturated heterocycles. The number of amidine groups is 1. The van der Waals surface area contributed by atoms with Crippen LogP contribution in [0, 0.1) is 5.41 Å². The number of nitrogens with zero attached hydrogens (tertiary/aromatic N) is 1. The van der Waals surface area contributed by atoms with Crippen molar-refractivity contribution in [3.63, 3.8) is 0 Å². The van der Waals surface area contributed by atoms with Crippen molar-refractivity contribution in [3.05, 3.63) is 119 Å². The van der Waals surface area contributed by atoms with E-state index >= 15 is 0 Å². The summed E-state index contributed by atoms with van der Waals surface area (Å²) in [6, 6.07) is 27.8. The molecular formula is C31H30N4O5S2. The minimum Gasteiger partial charge on any atom is -0.465 e. The van der Waals surface area contributed by atoms with Crippen LogP contribution in [0.5, 0.6) is 0 Å². The van der Waals surface area contributed by atoms with Gasteiger partial charge in [0.2, 0.25) is 10.0 Å². The molecule has 0 aromatic heterocycles. The van der Waals surface area contributed by atoms with E-state index in [1.165, 1.54) is 11.0 Å². The number of carbonyl (C=O) groups excluding carboxylic acids is 1. The van der Waals surface area contributed by atoms with Crippen molar-refractivity contribution in [1.29, 1.82) is 5.41 Å². The Morgan fingerprint density at radius 3 is 2.26 bits per heavy atom. The first-order valence-electron chi connectivity index (χ1n) is 13.0. The normalized spacial score (nSPS) is 11.1. The van der Waals surface area contributed by atoms with Crippen LogP contribution in [0.4, 0.5) is 15.3 Å². The molecule has 0 fully saturated rings. The molecule has 0 radical (unpaired) electrons. The van der Waals surface area contributed by atoms with Gasteiger partial charge in [-0.3, -0.25) is 15.1 Å². The molecule has 42 heavy (non-hydrogen) atoms. The molecule has 9 nitrogen and oxygen atoms in total. The number of carbonyl (C=O) groups is 2. The minimum absolute atomic E-state index is 0.0109. The van der Waals surface area contributed by atoms with Gasteiger partial charge in [0.25, 0.3) is 5.24 Å². The van der Waals surface area contributed by atoms with E-state index in [2.05, 4.69) is 5.32 Å². The second-order valence-electron chi connectivity index (χ2n) is 9.32. The maximum Gasteiger partial charge on any atom is 0.412 e. The molecule has 11 heteroatoms. The van der Waals surface area contributed by atoms with Crippen molar-refractivity contribution < 1.29 is 23.1 Å². The zero-order valence-corrected chi connectivity index (χ0v) is 24.4. The van der Waals surface area contributed by atoms with E-state index in [1.807, 2.05) is 49.4 Å². The fourth-order valence-corrected chi connectivity index (χ4v) is 5.69. The first kappa shape index (κ1) is 30.5. The Morgan fingerprint density at radius 1 is 0.929 bits per heavy atom. The van der Waals surface area contributed by atoms with E-state index in [1.54, 1.807) is 48.5 Å². The van der Waals surface area contributed by atoms with E-state index in [4.69, 9.17) is 10.5 Å². The van der Waals surface area contributed by atoms with Crippen LogP contribution >= 0.6 is 11.8 Å². The predicted molar refractivity (Wildman–Crippen MR) is 167 cm³/mol. The maximum atomic E-state index is 12.3. The Hall–Kier alpha value is -4.45. The molecule has 0 spiro atoms. The molecule has 0 unspecified atom stereocenters.